The Kier molecular flexibility index (Phi) is 3.63. The van der Waals surface area contributed by atoms with Crippen molar-refractivity contribution in [1.29, 1.82) is 0 Å². The minimum Gasteiger partial charge on any atom is -0.325 e. The third-order valence-electron chi connectivity index (χ3n) is 3.14. The van der Waals surface area contributed by atoms with E-state index in [0.717, 1.165) is 12.8 Å². The molecule has 0 aliphatic carbocycles. The predicted octanol–water partition coefficient (Wildman–Crippen LogP) is 0.819. The van der Waals surface area contributed by atoms with E-state index in [-0.39, 0.29) is 17.4 Å². The van der Waals surface area contributed by atoms with Crippen molar-refractivity contribution in [1.82, 2.24) is 4.90 Å². The van der Waals surface area contributed by atoms with Gasteiger partial charge in [0, 0.05) is 24.2 Å². The number of hydrogen-bond donors (Lipinski definition) is 1. The van der Waals surface area contributed by atoms with Crippen molar-refractivity contribution in [2.24, 2.45) is 5.73 Å². The molecule has 15 heavy (non-hydrogen) atoms. The first kappa shape index (κ1) is 11.9. The first-order valence-corrected chi connectivity index (χ1v) is 5.35. The summed E-state index contributed by atoms with van der Waals surface area (Å²) in [5.41, 5.74) is 5.84. The molecule has 0 unspecified atom stereocenters. The summed E-state index contributed by atoms with van der Waals surface area (Å²) in [6.07, 6.45) is 4.98. The lowest BCUT2D eigenvalue weighted by molar-refractivity contribution is -0.137. The van der Waals surface area contributed by atoms with Gasteiger partial charge in [-0.3, -0.25) is 14.5 Å². The fourth-order valence-electron chi connectivity index (χ4n) is 1.59. The van der Waals surface area contributed by atoms with Crippen molar-refractivity contribution in [2.45, 2.75) is 38.6 Å². The molecule has 2 N–H and O–H groups in total. The predicted molar refractivity (Wildman–Crippen MR) is 58.0 cm³/mol. The largest absolute Gasteiger partial charge is 0.325 e. The number of carbonyl (C=O) groups excluding carboxylic acids is 2. The Morgan fingerprint density at radius 3 is 2.07 bits per heavy atom. The van der Waals surface area contributed by atoms with Gasteiger partial charge in [0.05, 0.1) is 0 Å². The van der Waals surface area contributed by atoms with Gasteiger partial charge in [0.15, 0.2) is 0 Å². The first-order chi connectivity index (χ1) is 7.02. The Bertz CT molecular complexity index is 275. The lowest BCUT2D eigenvalue weighted by Gasteiger charge is -2.28. The molecule has 4 nitrogen and oxygen atoms in total. The number of nitrogens with two attached hydrogens (primary N) is 1. The zero-order valence-electron chi connectivity index (χ0n) is 9.32. The minimum atomic E-state index is -0.261. The molecule has 4 heteroatoms. The van der Waals surface area contributed by atoms with E-state index < -0.39 is 0 Å². The van der Waals surface area contributed by atoms with Crippen molar-refractivity contribution in [3.63, 3.8) is 0 Å². The monoisotopic (exact) mass is 210 g/mol. The summed E-state index contributed by atoms with van der Waals surface area (Å²) in [7, 11) is 0. The second-order valence-electron chi connectivity index (χ2n) is 3.98. The number of amides is 2. The highest BCUT2D eigenvalue weighted by Crippen LogP contribution is 2.17. The summed E-state index contributed by atoms with van der Waals surface area (Å²) in [5, 5.41) is 0. The zero-order valence-corrected chi connectivity index (χ0v) is 9.32. The molecule has 0 atom stereocenters. The zero-order chi connectivity index (χ0) is 11.5. The van der Waals surface area contributed by atoms with Crippen LogP contribution in [-0.2, 0) is 9.59 Å². The molecule has 0 saturated carbocycles. The second-order valence-corrected chi connectivity index (χ2v) is 3.98. The van der Waals surface area contributed by atoms with Gasteiger partial charge in [-0.2, -0.15) is 0 Å². The number of nitrogens with zero attached hydrogens (tertiary/aromatic N) is 1. The van der Waals surface area contributed by atoms with E-state index in [1.807, 2.05) is 13.8 Å². The van der Waals surface area contributed by atoms with Crippen LogP contribution in [0, 0.1) is 0 Å². The van der Waals surface area contributed by atoms with E-state index in [2.05, 4.69) is 0 Å². The number of hydrogen-bond acceptors (Lipinski definition) is 3. The highest BCUT2D eigenvalue weighted by Gasteiger charge is 2.27. The van der Waals surface area contributed by atoms with Crippen molar-refractivity contribution < 1.29 is 9.59 Å². The maximum Gasteiger partial charge on any atom is 0.253 e. The molecule has 1 aliphatic heterocycles. The Labute approximate surface area is 90.1 Å². The number of rotatable bonds is 5. The quantitative estimate of drug-likeness (QED) is 0.683. The maximum absolute atomic E-state index is 11.3. The van der Waals surface area contributed by atoms with Crippen molar-refractivity contribution in [3.05, 3.63) is 12.2 Å². The molecule has 0 aromatic heterocycles. The van der Waals surface area contributed by atoms with Gasteiger partial charge < -0.3 is 5.73 Å². The molecule has 0 radical (unpaired) electrons. The van der Waals surface area contributed by atoms with Gasteiger partial charge in [-0.15, -0.1) is 0 Å². The Balaban J connectivity index is 2.50. The Morgan fingerprint density at radius 1 is 1.20 bits per heavy atom. The van der Waals surface area contributed by atoms with Crippen LogP contribution in [0.3, 0.4) is 0 Å². The van der Waals surface area contributed by atoms with Gasteiger partial charge >= 0.3 is 0 Å². The SMILES string of the molecule is CCC(N)(CC)CCN1C(=O)C=CC1=O. The van der Waals surface area contributed by atoms with Gasteiger partial charge in [-0.25, -0.2) is 0 Å². The normalized spacial score (nSPS) is 16.6. The van der Waals surface area contributed by atoms with Crippen LogP contribution < -0.4 is 5.73 Å². The van der Waals surface area contributed by atoms with Crippen LogP contribution in [0.1, 0.15) is 33.1 Å². The van der Waals surface area contributed by atoms with Crippen LogP contribution in [-0.4, -0.2) is 28.8 Å². The standard InChI is InChI=1S/C11H18N2O2/c1-3-11(12,4-2)7-8-13-9(14)5-6-10(13)15/h5-6H,3-4,7-8,12H2,1-2H3. The highest BCUT2D eigenvalue weighted by molar-refractivity contribution is 6.12. The lowest BCUT2D eigenvalue weighted by atomic mass is 9.90. The van der Waals surface area contributed by atoms with Gasteiger partial charge in [0.25, 0.3) is 11.8 Å². The van der Waals surface area contributed by atoms with Crippen LogP contribution in [0.15, 0.2) is 12.2 Å². The molecule has 0 bridgehead atoms. The van der Waals surface area contributed by atoms with Crippen LogP contribution in [0.5, 0.6) is 0 Å². The van der Waals surface area contributed by atoms with Gasteiger partial charge in [-0.1, -0.05) is 13.8 Å². The molecule has 1 aliphatic rings. The van der Waals surface area contributed by atoms with Crippen LogP contribution in [0.25, 0.3) is 0 Å². The third-order valence-corrected chi connectivity index (χ3v) is 3.14. The Morgan fingerprint density at radius 2 is 1.67 bits per heavy atom. The molecule has 0 saturated heterocycles. The smallest absolute Gasteiger partial charge is 0.253 e. The topological polar surface area (TPSA) is 63.4 Å². The summed E-state index contributed by atoms with van der Waals surface area (Å²) in [4.78, 5) is 23.8. The minimum absolute atomic E-state index is 0.227. The van der Waals surface area contributed by atoms with E-state index >= 15 is 0 Å². The van der Waals surface area contributed by atoms with Crippen LogP contribution >= 0.6 is 0 Å². The number of carbonyl (C=O) groups is 2. The summed E-state index contributed by atoms with van der Waals surface area (Å²) in [5.74, 6) is -0.455. The summed E-state index contributed by atoms with van der Waals surface area (Å²) >= 11 is 0. The average molecular weight is 210 g/mol. The fraction of sp³-hybridized carbons (Fsp3) is 0.636. The maximum atomic E-state index is 11.3. The van der Waals surface area contributed by atoms with Gasteiger partial charge in [0.1, 0.15) is 0 Å². The molecule has 1 rings (SSSR count). The van der Waals surface area contributed by atoms with Crippen molar-refractivity contribution >= 4 is 11.8 Å². The molecule has 84 valence electrons. The second kappa shape index (κ2) is 4.57. The third kappa shape index (κ3) is 2.65. The van der Waals surface area contributed by atoms with E-state index in [1.54, 1.807) is 0 Å². The highest BCUT2D eigenvalue weighted by atomic mass is 16.2. The van der Waals surface area contributed by atoms with Crippen molar-refractivity contribution in [3.8, 4) is 0 Å². The van der Waals surface area contributed by atoms with E-state index in [9.17, 15) is 9.59 Å². The van der Waals surface area contributed by atoms with Gasteiger partial charge in [-0.05, 0) is 19.3 Å². The van der Waals surface area contributed by atoms with E-state index in [0.29, 0.717) is 13.0 Å². The van der Waals surface area contributed by atoms with E-state index in [1.165, 1.54) is 17.1 Å². The van der Waals surface area contributed by atoms with E-state index in [4.69, 9.17) is 5.73 Å². The summed E-state index contributed by atoms with van der Waals surface area (Å²) < 4.78 is 0. The molecule has 0 aromatic rings. The first-order valence-electron chi connectivity index (χ1n) is 5.35. The van der Waals surface area contributed by atoms with Crippen LogP contribution in [0.4, 0.5) is 0 Å². The molecular formula is C11H18N2O2. The van der Waals surface area contributed by atoms with Crippen molar-refractivity contribution in [2.75, 3.05) is 6.54 Å². The lowest BCUT2D eigenvalue weighted by Crippen LogP contribution is -2.43. The molecule has 0 fully saturated rings. The molecule has 0 spiro atoms. The number of imide groups is 1. The molecule has 2 amide bonds. The fourth-order valence-corrected chi connectivity index (χ4v) is 1.59. The van der Waals surface area contributed by atoms with Crippen LogP contribution in [0.2, 0.25) is 0 Å². The summed E-state index contributed by atoms with van der Waals surface area (Å²) in [6, 6.07) is 0. The summed E-state index contributed by atoms with van der Waals surface area (Å²) in [6.45, 7) is 4.47. The molecule has 1 heterocycles. The average Bonchev–Trinajstić information content (AvgIpc) is 2.56. The molecular weight excluding hydrogens is 192 g/mol. The van der Waals surface area contributed by atoms with Gasteiger partial charge in [0.2, 0.25) is 0 Å². The molecule has 0 aromatic carbocycles. The Hall–Kier alpha value is -1.16.